The SMILES string of the molecule is O=C(O)c1cc(-c2cccc(O)c2O)c2ccccc2c1. The fraction of sp³-hybridized carbons (Fsp3) is 0. The third-order valence-corrected chi connectivity index (χ3v) is 3.41. The van der Waals surface area contributed by atoms with Crippen LogP contribution < -0.4 is 0 Å². The van der Waals surface area contributed by atoms with E-state index in [1.807, 2.05) is 24.3 Å². The average Bonchev–Trinajstić information content (AvgIpc) is 2.49. The van der Waals surface area contributed by atoms with Gasteiger partial charge in [0.1, 0.15) is 0 Å². The first-order chi connectivity index (χ1) is 10.1. The van der Waals surface area contributed by atoms with E-state index in [4.69, 9.17) is 0 Å². The number of carboxylic acid groups (broad SMARTS) is 1. The molecule has 0 heterocycles. The van der Waals surface area contributed by atoms with E-state index in [-0.39, 0.29) is 17.1 Å². The molecule has 0 aliphatic rings. The Morgan fingerprint density at radius 3 is 2.38 bits per heavy atom. The van der Waals surface area contributed by atoms with Gasteiger partial charge in [0.15, 0.2) is 11.5 Å². The van der Waals surface area contributed by atoms with Crippen LogP contribution in [0.15, 0.2) is 54.6 Å². The fourth-order valence-corrected chi connectivity index (χ4v) is 2.41. The van der Waals surface area contributed by atoms with Crippen LogP contribution in [0.2, 0.25) is 0 Å². The number of benzene rings is 3. The summed E-state index contributed by atoms with van der Waals surface area (Å²) in [6.07, 6.45) is 0. The van der Waals surface area contributed by atoms with E-state index in [9.17, 15) is 20.1 Å². The zero-order valence-corrected chi connectivity index (χ0v) is 10.9. The summed E-state index contributed by atoms with van der Waals surface area (Å²) in [4.78, 5) is 11.3. The van der Waals surface area contributed by atoms with Gasteiger partial charge >= 0.3 is 5.97 Å². The van der Waals surface area contributed by atoms with Crippen molar-refractivity contribution in [2.75, 3.05) is 0 Å². The maximum absolute atomic E-state index is 11.3. The Morgan fingerprint density at radius 1 is 0.857 bits per heavy atom. The molecule has 3 N–H and O–H groups in total. The van der Waals surface area contributed by atoms with E-state index >= 15 is 0 Å². The number of hydrogen-bond acceptors (Lipinski definition) is 3. The molecule has 0 atom stereocenters. The molecule has 4 nitrogen and oxygen atoms in total. The molecular formula is C17H12O4. The van der Waals surface area contributed by atoms with Crippen molar-refractivity contribution >= 4 is 16.7 Å². The second-order valence-corrected chi connectivity index (χ2v) is 4.72. The summed E-state index contributed by atoms with van der Waals surface area (Å²) in [5, 5.41) is 30.5. The maximum Gasteiger partial charge on any atom is 0.335 e. The Kier molecular flexibility index (Phi) is 2.99. The van der Waals surface area contributed by atoms with Gasteiger partial charge in [-0.2, -0.15) is 0 Å². The van der Waals surface area contributed by atoms with E-state index in [0.717, 1.165) is 10.8 Å². The minimum absolute atomic E-state index is 0.131. The summed E-state index contributed by atoms with van der Waals surface area (Å²) >= 11 is 0. The van der Waals surface area contributed by atoms with Gasteiger partial charge in [-0.05, 0) is 34.5 Å². The summed E-state index contributed by atoms with van der Waals surface area (Å²) in [7, 11) is 0. The second kappa shape index (κ2) is 4.83. The number of carbonyl (C=O) groups is 1. The summed E-state index contributed by atoms with van der Waals surface area (Å²) < 4.78 is 0. The maximum atomic E-state index is 11.3. The Bertz CT molecular complexity index is 853. The van der Waals surface area contributed by atoms with Crippen molar-refractivity contribution in [1.82, 2.24) is 0 Å². The molecule has 3 aromatic rings. The quantitative estimate of drug-likeness (QED) is 0.626. The minimum atomic E-state index is -1.04. The molecule has 0 aliphatic carbocycles. The van der Waals surface area contributed by atoms with Crippen LogP contribution in [-0.2, 0) is 0 Å². The van der Waals surface area contributed by atoms with Gasteiger partial charge in [0.25, 0.3) is 0 Å². The number of phenols is 2. The first-order valence-corrected chi connectivity index (χ1v) is 6.35. The van der Waals surface area contributed by atoms with Crippen molar-refractivity contribution in [3.63, 3.8) is 0 Å². The largest absolute Gasteiger partial charge is 0.504 e. The van der Waals surface area contributed by atoms with E-state index in [1.54, 1.807) is 18.2 Å². The van der Waals surface area contributed by atoms with Crippen LogP contribution in [0.3, 0.4) is 0 Å². The third-order valence-electron chi connectivity index (χ3n) is 3.41. The van der Waals surface area contributed by atoms with E-state index < -0.39 is 5.97 Å². The lowest BCUT2D eigenvalue weighted by atomic mass is 9.95. The van der Waals surface area contributed by atoms with Crippen LogP contribution in [0.1, 0.15) is 10.4 Å². The number of carboxylic acids is 1. The Morgan fingerprint density at radius 2 is 1.62 bits per heavy atom. The minimum Gasteiger partial charge on any atom is -0.504 e. The zero-order chi connectivity index (χ0) is 15.0. The topological polar surface area (TPSA) is 77.8 Å². The van der Waals surface area contributed by atoms with Gasteiger partial charge in [-0.1, -0.05) is 36.4 Å². The molecule has 0 aliphatic heterocycles. The number of aromatic hydroxyl groups is 2. The van der Waals surface area contributed by atoms with Gasteiger partial charge in [-0.25, -0.2) is 4.79 Å². The van der Waals surface area contributed by atoms with Crippen LogP contribution in [0.25, 0.3) is 21.9 Å². The molecule has 0 spiro atoms. The second-order valence-electron chi connectivity index (χ2n) is 4.72. The Hall–Kier alpha value is -3.01. The molecule has 0 saturated heterocycles. The fourth-order valence-electron chi connectivity index (χ4n) is 2.41. The molecule has 21 heavy (non-hydrogen) atoms. The molecule has 0 unspecified atom stereocenters. The lowest BCUT2D eigenvalue weighted by Crippen LogP contribution is -1.97. The predicted molar refractivity (Wildman–Crippen MR) is 79.7 cm³/mol. The molecule has 0 fully saturated rings. The molecule has 0 amide bonds. The van der Waals surface area contributed by atoms with Crippen LogP contribution in [0.4, 0.5) is 0 Å². The molecule has 4 heteroatoms. The lowest BCUT2D eigenvalue weighted by molar-refractivity contribution is 0.0697. The first kappa shape index (κ1) is 13.0. The average molecular weight is 280 g/mol. The molecule has 3 aromatic carbocycles. The highest BCUT2D eigenvalue weighted by Crippen LogP contribution is 2.39. The van der Waals surface area contributed by atoms with Gasteiger partial charge in [0, 0.05) is 5.56 Å². The highest BCUT2D eigenvalue weighted by Gasteiger charge is 2.14. The van der Waals surface area contributed by atoms with Crippen molar-refractivity contribution in [3.05, 3.63) is 60.2 Å². The molecule has 0 bridgehead atoms. The molecule has 0 saturated carbocycles. The van der Waals surface area contributed by atoms with Crippen LogP contribution in [0.5, 0.6) is 11.5 Å². The van der Waals surface area contributed by atoms with Gasteiger partial charge in [-0.15, -0.1) is 0 Å². The summed E-state index contributed by atoms with van der Waals surface area (Å²) in [5.41, 5.74) is 1.10. The normalized spacial score (nSPS) is 10.7. The predicted octanol–water partition coefficient (Wildman–Crippen LogP) is 3.62. The number of fused-ring (bicyclic) bond motifs is 1. The Labute approximate surface area is 120 Å². The van der Waals surface area contributed by atoms with Crippen molar-refractivity contribution in [1.29, 1.82) is 0 Å². The smallest absolute Gasteiger partial charge is 0.335 e. The Balaban J connectivity index is 2.40. The standard InChI is InChI=1S/C17H12O4/c18-15-7-3-6-13(16(15)19)14-9-11(17(20)21)8-10-4-1-2-5-12(10)14/h1-9,18-19H,(H,20,21). The van der Waals surface area contributed by atoms with Crippen molar-refractivity contribution < 1.29 is 20.1 Å². The molecular weight excluding hydrogens is 268 g/mol. The third kappa shape index (κ3) is 2.17. The van der Waals surface area contributed by atoms with Crippen LogP contribution >= 0.6 is 0 Å². The van der Waals surface area contributed by atoms with Gasteiger partial charge in [0.05, 0.1) is 5.56 Å². The van der Waals surface area contributed by atoms with E-state index in [2.05, 4.69) is 0 Å². The molecule has 3 rings (SSSR count). The molecule has 0 radical (unpaired) electrons. The van der Waals surface area contributed by atoms with Crippen molar-refractivity contribution in [2.24, 2.45) is 0 Å². The van der Waals surface area contributed by atoms with Gasteiger partial charge < -0.3 is 15.3 Å². The number of para-hydroxylation sites is 1. The number of rotatable bonds is 2. The van der Waals surface area contributed by atoms with Gasteiger partial charge in [0.2, 0.25) is 0 Å². The lowest BCUT2D eigenvalue weighted by Gasteiger charge is -2.11. The number of aromatic carboxylic acids is 1. The summed E-state index contributed by atoms with van der Waals surface area (Å²) in [6.45, 7) is 0. The molecule has 0 aromatic heterocycles. The first-order valence-electron chi connectivity index (χ1n) is 6.35. The zero-order valence-electron chi connectivity index (χ0n) is 10.9. The molecule has 104 valence electrons. The summed E-state index contributed by atoms with van der Waals surface area (Å²) in [6, 6.07) is 15.0. The highest BCUT2D eigenvalue weighted by atomic mass is 16.4. The highest BCUT2D eigenvalue weighted by molar-refractivity contribution is 6.03. The van der Waals surface area contributed by atoms with Crippen molar-refractivity contribution in [3.8, 4) is 22.6 Å². The summed E-state index contributed by atoms with van der Waals surface area (Å²) in [5.74, 6) is -1.54. The van der Waals surface area contributed by atoms with Crippen LogP contribution in [0, 0.1) is 0 Å². The van der Waals surface area contributed by atoms with E-state index in [0.29, 0.717) is 11.1 Å². The van der Waals surface area contributed by atoms with Crippen molar-refractivity contribution in [2.45, 2.75) is 0 Å². The van der Waals surface area contributed by atoms with E-state index in [1.165, 1.54) is 12.1 Å². The number of hydrogen-bond donors (Lipinski definition) is 3. The number of phenolic OH excluding ortho intramolecular Hbond substituents is 2. The van der Waals surface area contributed by atoms with Gasteiger partial charge in [-0.3, -0.25) is 0 Å². The monoisotopic (exact) mass is 280 g/mol. The van der Waals surface area contributed by atoms with Crippen LogP contribution in [-0.4, -0.2) is 21.3 Å².